The molecule has 3 amide bonds. The van der Waals surface area contributed by atoms with Gasteiger partial charge in [-0.3, -0.25) is 63.9 Å². The van der Waals surface area contributed by atoms with Crippen molar-refractivity contribution in [2.24, 2.45) is 5.73 Å². The fourth-order valence-corrected chi connectivity index (χ4v) is 14.0. The summed E-state index contributed by atoms with van der Waals surface area (Å²) in [7, 11) is 7.96. The highest BCUT2D eigenvalue weighted by molar-refractivity contribution is 6.08. The Bertz CT molecular complexity index is 6460. The molecule has 0 aliphatic heterocycles. The lowest BCUT2D eigenvalue weighted by molar-refractivity contribution is 0.0940. The number of carbonyl (C=O) groups is 3. The van der Waals surface area contributed by atoms with E-state index >= 15 is 0 Å². The van der Waals surface area contributed by atoms with Gasteiger partial charge in [0.2, 0.25) is 0 Å². The molecular formula is C84H89FN22O8. The molecule has 31 heteroatoms. The number of aromatic amines is 5. The first-order valence-corrected chi connectivity index (χ1v) is 37.7. The van der Waals surface area contributed by atoms with E-state index in [2.05, 4.69) is 112 Å². The molecular weight excluding hydrogens is 1460 g/mol. The third kappa shape index (κ3) is 17.3. The molecule has 5 aromatic carbocycles. The summed E-state index contributed by atoms with van der Waals surface area (Å²) in [5.41, 5.74) is 18.5. The summed E-state index contributed by atoms with van der Waals surface area (Å²) in [6.07, 6.45) is 13.4. The monoisotopic (exact) mass is 1550 g/mol. The molecule has 590 valence electrons. The molecule has 0 saturated heterocycles. The zero-order valence-electron chi connectivity index (χ0n) is 65.0. The number of H-pyrrole nitrogens is 5. The minimum atomic E-state index is -0.386. The fourth-order valence-electron chi connectivity index (χ4n) is 14.0. The van der Waals surface area contributed by atoms with E-state index in [1.165, 1.54) is 36.9 Å². The van der Waals surface area contributed by atoms with Crippen molar-refractivity contribution >= 4 is 111 Å². The first-order valence-electron chi connectivity index (χ1n) is 37.7. The molecule has 0 fully saturated rings. The van der Waals surface area contributed by atoms with Gasteiger partial charge in [-0.2, -0.15) is 20.4 Å². The highest BCUT2D eigenvalue weighted by Crippen LogP contribution is 2.32. The number of fused-ring (bicyclic) bond motifs is 12. The van der Waals surface area contributed by atoms with Crippen LogP contribution in [0.2, 0.25) is 0 Å². The van der Waals surface area contributed by atoms with Crippen LogP contribution in [0.4, 0.5) is 10.1 Å². The van der Waals surface area contributed by atoms with Crippen LogP contribution in [-0.4, -0.2) is 169 Å². The highest BCUT2D eigenvalue weighted by atomic mass is 19.1. The molecule has 16 aromatic rings. The zero-order chi connectivity index (χ0) is 81.0. The van der Waals surface area contributed by atoms with Crippen LogP contribution in [0.25, 0.3) is 98.4 Å². The fraction of sp³-hybridized carbons (Fsp3) is 0.262. The summed E-state index contributed by atoms with van der Waals surface area (Å²) in [6, 6.07) is 37.5. The van der Waals surface area contributed by atoms with Gasteiger partial charge in [0, 0.05) is 154 Å². The second kappa shape index (κ2) is 35.7. The molecule has 0 radical (unpaired) electrons. The van der Waals surface area contributed by atoms with Crippen molar-refractivity contribution in [2.75, 3.05) is 72.4 Å². The van der Waals surface area contributed by atoms with Crippen LogP contribution in [0.3, 0.4) is 0 Å². The number of aromatic nitrogens is 16. The van der Waals surface area contributed by atoms with Gasteiger partial charge < -0.3 is 59.5 Å². The molecule has 0 saturated carbocycles. The van der Waals surface area contributed by atoms with Gasteiger partial charge in [-0.15, -0.1) is 0 Å². The second-order valence-corrected chi connectivity index (χ2v) is 28.2. The molecule has 0 spiro atoms. The lowest BCUT2D eigenvalue weighted by Gasteiger charge is -2.16. The van der Waals surface area contributed by atoms with E-state index in [0.717, 1.165) is 90.8 Å². The molecule has 115 heavy (non-hydrogen) atoms. The van der Waals surface area contributed by atoms with Crippen molar-refractivity contribution in [3.63, 3.8) is 0 Å². The molecule has 11 heterocycles. The Labute approximate surface area is 657 Å². The maximum atomic E-state index is 13.8. The standard InChI is InChI=1S/C23H27N7O3.C21H24N6O2.C20H18FN5O2.C20H20N4O/c1-15-20-21(28-27-15)17-13-16(33-12-11-29(2)3)5-6-19(17)30(23(20)32)10-4-7-26-22(31)18-14-24-8-9-25-18;1-13-18-19(25-24-13)16-11-15(26(2)3)5-6-17(16)27(21(18)29)10-4-8-23-20(28)14-7-9-22-12-14;1-12-17-18(25-24-12)15-10-14(21)5-6-16(15)26(20(17)28)9-3-8-23-19(27)13-4-2-7-22-11-13;1-13-18-19(23-22-13)16-12-15(14-6-3-2-4-7-14)8-9-17(16)24(20(18)25)11-5-10-21/h5-6,8-9,13-14H,4,7,10-12H2,1-3H3,(H,26,31)(H,27,28);5-7,9,11-12,22H,4,8,10H2,1-3H3,(H,23,28)(H,24,25);2,4-7,10-11H,3,8-9H2,1H3,(H,23,27)(H,24,25);2-4,6-9,12H,5,10-11,21H2,1H3,(H,22,23). The van der Waals surface area contributed by atoms with E-state index < -0.39 is 0 Å². The molecule has 0 bridgehead atoms. The van der Waals surface area contributed by atoms with Crippen LogP contribution in [0.15, 0.2) is 184 Å². The number of nitrogens with two attached hydrogens (primary N) is 1. The zero-order valence-corrected chi connectivity index (χ0v) is 65.0. The van der Waals surface area contributed by atoms with Gasteiger partial charge in [-0.25, -0.2) is 9.37 Å². The number of ether oxygens (including phenoxy) is 1. The summed E-state index contributed by atoms with van der Waals surface area (Å²) < 4.78 is 26.6. The number of hydrogen-bond acceptors (Lipinski definition) is 18. The predicted molar refractivity (Wildman–Crippen MR) is 446 cm³/mol. The molecule has 0 atom stereocenters. The number of rotatable bonds is 24. The molecule has 0 aliphatic rings. The molecule has 16 rings (SSSR count). The van der Waals surface area contributed by atoms with E-state index in [0.29, 0.717) is 144 Å². The minimum Gasteiger partial charge on any atom is -0.492 e. The summed E-state index contributed by atoms with van der Waals surface area (Å²) in [4.78, 5) is 107. The van der Waals surface area contributed by atoms with Crippen LogP contribution >= 0.6 is 0 Å². The van der Waals surface area contributed by atoms with Crippen molar-refractivity contribution in [3.05, 3.63) is 252 Å². The highest BCUT2D eigenvalue weighted by Gasteiger charge is 2.22. The first-order chi connectivity index (χ1) is 55.7. The number of nitrogens with one attached hydrogen (secondary N) is 8. The van der Waals surface area contributed by atoms with Gasteiger partial charge in [0.05, 0.1) is 60.9 Å². The van der Waals surface area contributed by atoms with Crippen LogP contribution < -0.4 is 53.6 Å². The van der Waals surface area contributed by atoms with E-state index in [1.54, 1.807) is 63.5 Å². The van der Waals surface area contributed by atoms with Gasteiger partial charge in [0.25, 0.3) is 40.0 Å². The summed E-state index contributed by atoms with van der Waals surface area (Å²) in [5, 5.41) is 43.2. The topological polar surface area (TPSA) is 386 Å². The lowest BCUT2D eigenvalue weighted by atomic mass is 10.0. The third-order valence-corrected chi connectivity index (χ3v) is 19.8. The summed E-state index contributed by atoms with van der Waals surface area (Å²) in [6.45, 7) is 12.5. The molecule has 0 aliphatic carbocycles. The van der Waals surface area contributed by atoms with E-state index in [-0.39, 0.29) is 51.5 Å². The average Bonchev–Trinajstić information content (AvgIpc) is 1.72. The largest absolute Gasteiger partial charge is 0.492 e. The van der Waals surface area contributed by atoms with Gasteiger partial charge >= 0.3 is 0 Å². The number of aryl methyl sites for hydroxylation is 8. The second-order valence-electron chi connectivity index (χ2n) is 28.2. The lowest BCUT2D eigenvalue weighted by Crippen LogP contribution is -2.28. The maximum absolute atomic E-state index is 13.8. The van der Waals surface area contributed by atoms with Crippen molar-refractivity contribution in [1.29, 1.82) is 0 Å². The normalized spacial score (nSPS) is 11.3. The van der Waals surface area contributed by atoms with E-state index in [9.17, 15) is 38.0 Å². The Hall–Kier alpha value is -13.8. The number of halogens is 1. The number of anilines is 1. The van der Waals surface area contributed by atoms with Crippen molar-refractivity contribution in [1.82, 2.24) is 99.8 Å². The third-order valence-electron chi connectivity index (χ3n) is 19.8. The van der Waals surface area contributed by atoms with Crippen LogP contribution in [0, 0.1) is 33.5 Å². The Balaban J connectivity index is 0.000000134. The maximum Gasteiger partial charge on any atom is 0.271 e. The number of benzene rings is 5. The number of hydrogen-bond donors (Lipinski definition) is 9. The molecule has 0 unspecified atom stereocenters. The quantitative estimate of drug-likeness (QED) is 0.0254. The summed E-state index contributed by atoms with van der Waals surface area (Å²) >= 11 is 0. The first kappa shape index (κ1) is 79.3. The van der Waals surface area contributed by atoms with Gasteiger partial charge in [-0.1, -0.05) is 36.4 Å². The number of likely N-dealkylation sites (N-methyl/N-ethyl adjacent to an activating group) is 1. The number of carbonyl (C=O) groups excluding carboxylic acids is 3. The Kier molecular flexibility index (Phi) is 24.6. The van der Waals surface area contributed by atoms with Gasteiger partial charge in [0.1, 0.15) is 45.9 Å². The summed E-state index contributed by atoms with van der Waals surface area (Å²) in [5.74, 6) is -0.286. The van der Waals surface area contributed by atoms with Crippen molar-refractivity contribution < 1.29 is 23.5 Å². The van der Waals surface area contributed by atoms with Crippen molar-refractivity contribution in [2.45, 2.75) is 79.6 Å². The van der Waals surface area contributed by atoms with E-state index in [1.807, 2.05) is 113 Å². The average molecular weight is 1550 g/mol. The van der Waals surface area contributed by atoms with Crippen LogP contribution in [0.1, 0.15) is 79.7 Å². The number of pyridine rings is 5. The number of amides is 3. The Morgan fingerprint density at radius 3 is 1.45 bits per heavy atom. The number of nitrogens with zero attached hydrogens (tertiary/aromatic N) is 13. The predicted octanol–water partition coefficient (Wildman–Crippen LogP) is 9.88. The minimum absolute atomic E-state index is 0.00494. The van der Waals surface area contributed by atoms with Crippen LogP contribution in [-0.2, 0) is 26.2 Å². The molecule has 11 aromatic heterocycles. The van der Waals surface area contributed by atoms with E-state index in [4.69, 9.17) is 10.5 Å². The van der Waals surface area contributed by atoms with Gasteiger partial charge in [0.15, 0.2) is 0 Å². The Morgan fingerprint density at radius 2 is 0.965 bits per heavy atom. The molecule has 30 nitrogen and oxygen atoms in total. The molecule has 10 N–H and O–H groups in total. The van der Waals surface area contributed by atoms with Crippen LogP contribution in [0.5, 0.6) is 5.75 Å². The van der Waals surface area contributed by atoms with Gasteiger partial charge in [-0.05, 0) is 170 Å². The smallest absolute Gasteiger partial charge is 0.271 e. The SMILES string of the molecule is Cc1[nH]nc2c1c(=O)n(CCCN)c1ccc(-c3ccccc3)cc21.Cc1[nH]nc2c1c(=O)n(CCCNC(=O)c1cc[nH]c1)c1ccc(N(C)C)cc21.Cc1[nH]nc2c1c(=O)n(CCCNC(=O)c1cccnc1)c1ccc(F)cc21.Cc1[nH]nc2c1c(=O)n(CCCNC(=O)c1cnccn1)c1ccc(OCCN(C)C)cc21. The van der Waals surface area contributed by atoms with Crippen molar-refractivity contribution in [3.8, 4) is 16.9 Å². The Morgan fingerprint density at radius 1 is 0.487 bits per heavy atom.